The first-order valence-electron chi connectivity index (χ1n) is 9.66. The Morgan fingerprint density at radius 2 is 1.77 bits per heavy atom. The van der Waals surface area contributed by atoms with Crippen molar-refractivity contribution in [3.8, 4) is 5.75 Å². The number of nitrogens with zero attached hydrogens (tertiary/aromatic N) is 1. The van der Waals surface area contributed by atoms with E-state index in [9.17, 15) is 27.9 Å². The second-order valence-corrected chi connectivity index (χ2v) is 7.43. The lowest BCUT2D eigenvalue weighted by Crippen LogP contribution is -2.59. The van der Waals surface area contributed by atoms with E-state index in [4.69, 9.17) is 4.74 Å². The SMILES string of the molecule is CC1CCN(C(=O)c2ccc(OC(F)(F)F)cc2)C1(COCc1ccccc1)C(=O)O. The van der Waals surface area contributed by atoms with E-state index in [0.29, 0.717) is 6.42 Å². The molecule has 2 aromatic rings. The second-order valence-electron chi connectivity index (χ2n) is 7.43. The third-order valence-corrected chi connectivity index (χ3v) is 5.47. The molecule has 2 aromatic carbocycles. The molecule has 2 atom stereocenters. The van der Waals surface area contributed by atoms with Crippen molar-refractivity contribution in [1.29, 1.82) is 0 Å². The Labute approximate surface area is 177 Å². The molecule has 3 rings (SSSR count). The zero-order valence-electron chi connectivity index (χ0n) is 16.8. The summed E-state index contributed by atoms with van der Waals surface area (Å²) in [5.74, 6) is -2.61. The van der Waals surface area contributed by atoms with E-state index in [-0.39, 0.29) is 31.2 Å². The van der Waals surface area contributed by atoms with E-state index < -0.39 is 29.5 Å². The molecule has 9 heteroatoms. The molecule has 1 aliphatic rings. The smallest absolute Gasteiger partial charge is 0.479 e. The molecule has 31 heavy (non-hydrogen) atoms. The summed E-state index contributed by atoms with van der Waals surface area (Å²) >= 11 is 0. The highest BCUT2D eigenvalue weighted by Crippen LogP contribution is 2.37. The van der Waals surface area contributed by atoms with Crippen molar-refractivity contribution in [2.75, 3.05) is 13.2 Å². The summed E-state index contributed by atoms with van der Waals surface area (Å²) in [5.41, 5.74) is -0.642. The molecular weight excluding hydrogens is 415 g/mol. The van der Waals surface area contributed by atoms with Gasteiger partial charge in [-0.1, -0.05) is 37.3 Å². The molecule has 166 valence electrons. The summed E-state index contributed by atoms with van der Waals surface area (Å²) in [6.07, 6.45) is -4.38. The lowest BCUT2D eigenvalue weighted by molar-refractivity contribution is -0.274. The number of amides is 1. The van der Waals surface area contributed by atoms with Crippen LogP contribution in [-0.2, 0) is 16.1 Å². The maximum atomic E-state index is 13.1. The fourth-order valence-corrected chi connectivity index (χ4v) is 3.77. The summed E-state index contributed by atoms with van der Waals surface area (Å²) in [7, 11) is 0. The Kier molecular flexibility index (Phi) is 6.54. The normalized spacial score (nSPS) is 21.2. The van der Waals surface area contributed by atoms with Crippen LogP contribution in [0.25, 0.3) is 0 Å². The van der Waals surface area contributed by atoms with E-state index in [2.05, 4.69) is 4.74 Å². The van der Waals surface area contributed by atoms with Gasteiger partial charge in [0.15, 0.2) is 5.54 Å². The Hall–Kier alpha value is -3.07. The number of carboxylic acids is 1. The van der Waals surface area contributed by atoms with E-state index in [1.807, 2.05) is 30.3 Å². The summed E-state index contributed by atoms with van der Waals surface area (Å²) in [4.78, 5) is 26.6. The lowest BCUT2D eigenvalue weighted by Gasteiger charge is -2.37. The van der Waals surface area contributed by atoms with Crippen molar-refractivity contribution >= 4 is 11.9 Å². The molecule has 0 spiro atoms. The minimum Gasteiger partial charge on any atom is -0.479 e. The molecule has 0 aromatic heterocycles. The van der Waals surface area contributed by atoms with Gasteiger partial charge >= 0.3 is 12.3 Å². The molecule has 6 nitrogen and oxygen atoms in total. The van der Waals surface area contributed by atoms with Crippen LogP contribution in [0, 0.1) is 5.92 Å². The number of carboxylic acid groups (broad SMARTS) is 1. The molecule has 1 fully saturated rings. The molecule has 0 saturated carbocycles. The van der Waals surface area contributed by atoms with Crippen LogP contribution >= 0.6 is 0 Å². The summed E-state index contributed by atoms with van der Waals surface area (Å²) in [6, 6.07) is 13.6. The van der Waals surface area contributed by atoms with Crippen molar-refractivity contribution < 1.29 is 37.3 Å². The number of ether oxygens (including phenoxy) is 2. The van der Waals surface area contributed by atoms with Gasteiger partial charge in [0.25, 0.3) is 5.91 Å². The molecule has 0 aliphatic carbocycles. The van der Waals surface area contributed by atoms with Crippen molar-refractivity contribution in [3.63, 3.8) is 0 Å². The molecule has 1 aliphatic heterocycles. The van der Waals surface area contributed by atoms with Gasteiger partial charge in [0.2, 0.25) is 0 Å². The standard InChI is InChI=1S/C22H22F3NO5/c1-15-11-12-26(19(27)17-7-9-18(10-8-17)31-22(23,24)25)21(15,20(28)29)14-30-13-16-5-3-2-4-6-16/h2-10,15H,11-14H2,1H3,(H,28,29). The number of rotatable bonds is 7. The highest BCUT2D eigenvalue weighted by Gasteiger charge is 2.55. The minimum atomic E-state index is -4.84. The Morgan fingerprint density at radius 3 is 2.35 bits per heavy atom. The number of carbonyl (C=O) groups is 2. The fraction of sp³-hybridized carbons (Fsp3) is 0.364. The molecule has 0 bridgehead atoms. The van der Waals surface area contributed by atoms with Gasteiger partial charge in [-0.3, -0.25) is 4.79 Å². The van der Waals surface area contributed by atoms with E-state index in [1.54, 1.807) is 6.92 Å². The van der Waals surface area contributed by atoms with Gasteiger partial charge in [0.05, 0.1) is 13.2 Å². The number of halogens is 3. The quantitative estimate of drug-likeness (QED) is 0.706. The first kappa shape index (κ1) is 22.6. The highest BCUT2D eigenvalue weighted by atomic mass is 19.4. The molecule has 2 unspecified atom stereocenters. The Balaban J connectivity index is 1.78. The van der Waals surface area contributed by atoms with Crippen LogP contribution in [0.15, 0.2) is 54.6 Å². The second kappa shape index (κ2) is 8.97. The van der Waals surface area contributed by atoms with Crippen molar-refractivity contribution in [3.05, 3.63) is 65.7 Å². The zero-order chi connectivity index (χ0) is 22.6. The number of hydrogen-bond donors (Lipinski definition) is 1. The number of carbonyl (C=O) groups excluding carboxylic acids is 1. The number of hydrogen-bond acceptors (Lipinski definition) is 4. The number of aliphatic carboxylic acids is 1. The van der Waals surface area contributed by atoms with Gasteiger partial charge in [-0.15, -0.1) is 13.2 Å². The molecule has 1 saturated heterocycles. The number of alkyl halides is 3. The van der Waals surface area contributed by atoms with Crippen molar-refractivity contribution in [2.24, 2.45) is 5.92 Å². The summed E-state index contributed by atoms with van der Waals surface area (Å²) in [6.45, 7) is 1.92. The average molecular weight is 437 g/mol. The maximum Gasteiger partial charge on any atom is 0.573 e. The van der Waals surface area contributed by atoms with Gasteiger partial charge in [0, 0.05) is 12.1 Å². The largest absolute Gasteiger partial charge is 0.573 e. The van der Waals surface area contributed by atoms with E-state index >= 15 is 0 Å². The number of likely N-dealkylation sites (tertiary alicyclic amines) is 1. The van der Waals surface area contributed by atoms with E-state index in [1.165, 1.54) is 17.0 Å². The van der Waals surface area contributed by atoms with Crippen molar-refractivity contribution in [1.82, 2.24) is 4.90 Å². The average Bonchev–Trinajstić information content (AvgIpc) is 3.05. The Bertz CT molecular complexity index is 917. The molecule has 1 heterocycles. The zero-order valence-corrected chi connectivity index (χ0v) is 16.8. The summed E-state index contributed by atoms with van der Waals surface area (Å²) < 4.78 is 46.6. The molecule has 1 N–H and O–H groups in total. The van der Waals surface area contributed by atoms with Crippen LogP contribution < -0.4 is 4.74 Å². The van der Waals surface area contributed by atoms with Crippen LogP contribution in [0.1, 0.15) is 29.3 Å². The first-order valence-corrected chi connectivity index (χ1v) is 9.66. The first-order chi connectivity index (χ1) is 14.6. The van der Waals surface area contributed by atoms with Crippen LogP contribution in [0.4, 0.5) is 13.2 Å². The number of benzene rings is 2. The van der Waals surface area contributed by atoms with Gasteiger partial charge in [-0.25, -0.2) is 4.79 Å². The topological polar surface area (TPSA) is 76.1 Å². The predicted octanol–water partition coefficient (Wildman–Crippen LogP) is 4.11. The maximum absolute atomic E-state index is 13.1. The fourth-order valence-electron chi connectivity index (χ4n) is 3.77. The third-order valence-electron chi connectivity index (χ3n) is 5.47. The van der Waals surface area contributed by atoms with E-state index in [0.717, 1.165) is 17.7 Å². The molecule has 1 amide bonds. The Morgan fingerprint density at radius 1 is 1.13 bits per heavy atom. The van der Waals surface area contributed by atoms with Crippen LogP contribution in [-0.4, -0.2) is 46.9 Å². The van der Waals surface area contributed by atoms with Crippen LogP contribution in [0.2, 0.25) is 0 Å². The van der Waals surface area contributed by atoms with Gasteiger partial charge in [-0.2, -0.15) is 0 Å². The minimum absolute atomic E-state index is 0.0670. The molecular formula is C22H22F3NO5. The predicted molar refractivity (Wildman–Crippen MR) is 104 cm³/mol. The molecule has 0 radical (unpaired) electrons. The van der Waals surface area contributed by atoms with Gasteiger partial charge in [0.1, 0.15) is 5.75 Å². The van der Waals surface area contributed by atoms with Gasteiger partial charge < -0.3 is 19.5 Å². The highest BCUT2D eigenvalue weighted by molar-refractivity contribution is 5.98. The van der Waals surface area contributed by atoms with Crippen molar-refractivity contribution in [2.45, 2.75) is 31.9 Å². The monoisotopic (exact) mass is 437 g/mol. The lowest BCUT2D eigenvalue weighted by atomic mass is 9.86. The van der Waals surface area contributed by atoms with Crippen LogP contribution in [0.5, 0.6) is 5.75 Å². The van der Waals surface area contributed by atoms with Gasteiger partial charge in [-0.05, 0) is 42.2 Å². The van der Waals surface area contributed by atoms with Crippen LogP contribution in [0.3, 0.4) is 0 Å². The third kappa shape index (κ3) is 4.99. The summed E-state index contributed by atoms with van der Waals surface area (Å²) in [5, 5.41) is 10.1.